The molecule has 2 heterocycles. The Labute approximate surface area is 161 Å². The molecule has 134 valence electrons. The first-order valence-corrected chi connectivity index (χ1v) is 9.42. The van der Waals surface area contributed by atoms with Crippen LogP contribution in [0.5, 0.6) is 0 Å². The first kappa shape index (κ1) is 18.4. The lowest BCUT2D eigenvalue weighted by atomic mass is 10.2. The summed E-state index contributed by atoms with van der Waals surface area (Å²) in [6.45, 7) is 2.47. The molecule has 0 unspecified atom stereocenters. The highest BCUT2D eigenvalue weighted by molar-refractivity contribution is 8.26. The highest BCUT2D eigenvalue weighted by Crippen LogP contribution is 2.33. The van der Waals surface area contributed by atoms with Crippen LogP contribution >= 0.6 is 24.0 Å². The van der Waals surface area contributed by atoms with E-state index in [0.29, 0.717) is 34.5 Å². The van der Waals surface area contributed by atoms with Gasteiger partial charge in [-0.1, -0.05) is 54.3 Å². The van der Waals surface area contributed by atoms with E-state index in [1.54, 1.807) is 11.0 Å². The minimum Gasteiger partial charge on any atom is -0.457 e. The molecule has 7 heteroatoms. The number of carbonyl (C=O) groups excluding carboxylic acids is 2. The Hall–Kier alpha value is -2.38. The Morgan fingerprint density at radius 1 is 1.27 bits per heavy atom. The topological polar surface area (TPSA) is 62.6 Å². The molecular formula is C19H18N2O3S2. The van der Waals surface area contributed by atoms with Crippen molar-refractivity contribution in [3.63, 3.8) is 0 Å². The molecule has 1 aromatic heterocycles. The summed E-state index contributed by atoms with van der Waals surface area (Å²) in [5.74, 6) is 1.16. The maximum Gasteiger partial charge on any atom is 0.266 e. The van der Waals surface area contributed by atoms with Crippen molar-refractivity contribution >= 4 is 46.2 Å². The zero-order chi connectivity index (χ0) is 18.5. The summed E-state index contributed by atoms with van der Waals surface area (Å²) >= 11 is 6.57. The summed E-state index contributed by atoms with van der Waals surface area (Å²) < 4.78 is 6.35. The number of nitrogens with zero attached hydrogens (tertiary/aromatic N) is 1. The van der Waals surface area contributed by atoms with Gasteiger partial charge in [0.05, 0.1) is 4.91 Å². The van der Waals surface area contributed by atoms with Gasteiger partial charge in [-0.3, -0.25) is 14.5 Å². The molecule has 2 amide bonds. The van der Waals surface area contributed by atoms with Gasteiger partial charge < -0.3 is 9.73 Å². The molecule has 3 rings (SSSR count). The number of amides is 2. The molecule has 1 N–H and O–H groups in total. The minimum atomic E-state index is -0.125. The summed E-state index contributed by atoms with van der Waals surface area (Å²) in [6.07, 6.45) is 2.37. The fraction of sp³-hybridized carbons (Fsp3) is 0.211. The number of thioether (sulfide) groups is 1. The quantitative estimate of drug-likeness (QED) is 0.466. The number of benzene rings is 1. The molecule has 0 atom stereocenters. The van der Waals surface area contributed by atoms with Crippen molar-refractivity contribution in [1.82, 2.24) is 10.2 Å². The van der Waals surface area contributed by atoms with Gasteiger partial charge in [0.15, 0.2) is 0 Å². The smallest absolute Gasteiger partial charge is 0.266 e. The van der Waals surface area contributed by atoms with E-state index < -0.39 is 0 Å². The van der Waals surface area contributed by atoms with Crippen LogP contribution in [0.4, 0.5) is 0 Å². The summed E-state index contributed by atoms with van der Waals surface area (Å²) in [7, 11) is 0. The maximum atomic E-state index is 12.5. The van der Waals surface area contributed by atoms with Gasteiger partial charge in [0, 0.05) is 31.7 Å². The van der Waals surface area contributed by atoms with E-state index in [0.717, 1.165) is 11.3 Å². The molecule has 1 fully saturated rings. The number of hydrogen-bond donors (Lipinski definition) is 1. The number of nitrogens with one attached hydrogen (secondary N) is 1. The lowest BCUT2D eigenvalue weighted by molar-refractivity contribution is -0.122. The van der Waals surface area contributed by atoms with Gasteiger partial charge in [-0.25, -0.2) is 0 Å². The fourth-order valence-electron chi connectivity index (χ4n) is 2.51. The molecule has 1 aromatic carbocycles. The summed E-state index contributed by atoms with van der Waals surface area (Å²) in [4.78, 5) is 25.5. The third-order valence-electron chi connectivity index (χ3n) is 3.76. The standard InChI is InChI=1S/C19H18N2O3S2/c1-13(22)20-10-5-11-21-18(23)17(26-19(21)25)12-15-8-9-16(24-15)14-6-3-2-4-7-14/h2-4,6-9,12H,5,10-11H2,1H3,(H,20,22)/b17-12+. The Morgan fingerprint density at radius 2 is 2.04 bits per heavy atom. The molecule has 0 saturated carbocycles. The molecule has 1 saturated heterocycles. The first-order valence-electron chi connectivity index (χ1n) is 8.19. The van der Waals surface area contributed by atoms with Crippen molar-refractivity contribution in [3.8, 4) is 11.3 Å². The van der Waals surface area contributed by atoms with Crippen LogP contribution in [0.1, 0.15) is 19.1 Å². The van der Waals surface area contributed by atoms with Crippen molar-refractivity contribution in [2.45, 2.75) is 13.3 Å². The Kier molecular flexibility index (Phi) is 5.90. The predicted molar refractivity (Wildman–Crippen MR) is 107 cm³/mol. The summed E-state index contributed by atoms with van der Waals surface area (Å²) in [5, 5.41) is 2.71. The van der Waals surface area contributed by atoms with Gasteiger partial charge in [0.25, 0.3) is 5.91 Å². The van der Waals surface area contributed by atoms with E-state index in [1.807, 2.05) is 42.5 Å². The van der Waals surface area contributed by atoms with E-state index in [1.165, 1.54) is 18.7 Å². The van der Waals surface area contributed by atoms with Crippen molar-refractivity contribution < 1.29 is 14.0 Å². The van der Waals surface area contributed by atoms with Gasteiger partial charge in [0.1, 0.15) is 15.8 Å². The Balaban J connectivity index is 1.66. The van der Waals surface area contributed by atoms with Crippen LogP contribution < -0.4 is 5.32 Å². The van der Waals surface area contributed by atoms with E-state index >= 15 is 0 Å². The second kappa shape index (κ2) is 8.33. The van der Waals surface area contributed by atoms with Crippen LogP contribution in [-0.4, -0.2) is 34.1 Å². The molecule has 5 nitrogen and oxygen atoms in total. The van der Waals surface area contributed by atoms with Crippen molar-refractivity contribution in [3.05, 3.63) is 53.1 Å². The average molecular weight is 386 g/mol. The molecule has 0 aliphatic carbocycles. The maximum absolute atomic E-state index is 12.5. The third kappa shape index (κ3) is 4.42. The van der Waals surface area contributed by atoms with Crippen LogP contribution in [0.3, 0.4) is 0 Å². The Morgan fingerprint density at radius 3 is 2.77 bits per heavy atom. The number of carbonyl (C=O) groups is 2. The molecule has 1 aliphatic heterocycles. The third-order valence-corrected chi connectivity index (χ3v) is 5.14. The van der Waals surface area contributed by atoms with Gasteiger partial charge in [-0.05, 0) is 18.6 Å². The van der Waals surface area contributed by atoms with E-state index in [-0.39, 0.29) is 11.8 Å². The zero-order valence-electron chi connectivity index (χ0n) is 14.2. The number of rotatable bonds is 6. The SMILES string of the molecule is CC(=O)NCCCN1C(=O)/C(=C\c2ccc(-c3ccccc3)o2)SC1=S. The number of hydrogen-bond acceptors (Lipinski definition) is 5. The monoisotopic (exact) mass is 386 g/mol. The van der Waals surface area contributed by atoms with E-state index in [2.05, 4.69) is 5.32 Å². The van der Waals surface area contributed by atoms with Gasteiger partial charge >= 0.3 is 0 Å². The van der Waals surface area contributed by atoms with E-state index in [4.69, 9.17) is 16.6 Å². The zero-order valence-corrected chi connectivity index (χ0v) is 15.9. The van der Waals surface area contributed by atoms with Crippen LogP contribution in [0, 0.1) is 0 Å². The molecule has 2 aromatic rings. The van der Waals surface area contributed by atoms with Crippen molar-refractivity contribution in [2.75, 3.05) is 13.1 Å². The lowest BCUT2D eigenvalue weighted by Crippen LogP contribution is -2.31. The molecule has 26 heavy (non-hydrogen) atoms. The highest BCUT2D eigenvalue weighted by atomic mass is 32.2. The van der Waals surface area contributed by atoms with E-state index in [9.17, 15) is 9.59 Å². The van der Waals surface area contributed by atoms with Crippen LogP contribution in [0.25, 0.3) is 17.4 Å². The lowest BCUT2D eigenvalue weighted by Gasteiger charge is -2.14. The predicted octanol–water partition coefficient (Wildman–Crippen LogP) is 3.67. The van der Waals surface area contributed by atoms with Crippen molar-refractivity contribution in [1.29, 1.82) is 0 Å². The van der Waals surface area contributed by atoms with Crippen molar-refractivity contribution in [2.24, 2.45) is 0 Å². The average Bonchev–Trinajstić information content (AvgIpc) is 3.19. The minimum absolute atomic E-state index is 0.0812. The summed E-state index contributed by atoms with van der Waals surface area (Å²) in [6, 6.07) is 13.5. The molecular weight excluding hydrogens is 368 g/mol. The number of furan rings is 1. The van der Waals surface area contributed by atoms with Gasteiger partial charge in [0.2, 0.25) is 5.91 Å². The fourth-order valence-corrected chi connectivity index (χ4v) is 3.80. The Bertz CT molecular complexity index is 859. The highest BCUT2D eigenvalue weighted by Gasteiger charge is 2.31. The van der Waals surface area contributed by atoms with Crippen LogP contribution in [-0.2, 0) is 9.59 Å². The molecule has 1 aliphatic rings. The summed E-state index contributed by atoms with van der Waals surface area (Å²) in [5.41, 5.74) is 0.984. The molecule has 0 spiro atoms. The second-order valence-electron chi connectivity index (χ2n) is 5.74. The van der Waals surface area contributed by atoms with Gasteiger partial charge in [-0.15, -0.1) is 0 Å². The van der Waals surface area contributed by atoms with Crippen LogP contribution in [0.15, 0.2) is 51.8 Å². The second-order valence-corrected chi connectivity index (χ2v) is 7.41. The van der Waals surface area contributed by atoms with Gasteiger partial charge in [-0.2, -0.15) is 0 Å². The normalized spacial score (nSPS) is 15.7. The first-order chi connectivity index (χ1) is 12.5. The number of thiocarbonyl (C=S) groups is 1. The van der Waals surface area contributed by atoms with Crippen LogP contribution in [0.2, 0.25) is 0 Å². The molecule has 0 radical (unpaired) electrons. The largest absolute Gasteiger partial charge is 0.457 e. The molecule has 0 bridgehead atoms.